The Morgan fingerprint density at radius 2 is 2.00 bits per heavy atom. The summed E-state index contributed by atoms with van der Waals surface area (Å²) in [6.45, 7) is 6.79. The van der Waals surface area contributed by atoms with Crippen LogP contribution in [0.2, 0.25) is 0 Å². The van der Waals surface area contributed by atoms with Crippen LogP contribution in [-0.4, -0.2) is 34.7 Å². The number of hydrogen-bond donors (Lipinski definition) is 1. The minimum atomic E-state index is -0.206. The summed E-state index contributed by atoms with van der Waals surface area (Å²) in [5.74, 6) is 0. The quantitative estimate of drug-likeness (QED) is 0.824. The Labute approximate surface area is 121 Å². The van der Waals surface area contributed by atoms with Gasteiger partial charge >= 0.3 is 0 Å². The maximum atomic E-state index is 10.8. The van der Waals surface area contributed by atoms with Crippen LogP contribution >= 0.6 is 11.3 Å². The Morgan fingerprint density at radius 3 is 2.53 bits per heavy atom. The van der Waals surface area contributed by atoms with Crippen LogP contribution in [0.1, 0.15) is 50.8 Å². The van der Waals surface area contributed by atoms with Gasteiger partial charge in [0.15, 0.2) is 0 Å². The molecule has 0 aliphatic carbocycles. The highest BCUT2D eigenvalue weighted by molar-refractivity contribution is 7.09. The van der Waals surface area contributed by atoms with E-state index in [9.17, 15) is 5.11 Å². The molecule has 1 fully saturated rings. The Balaban J connectivity index is 2.00. The molecule has 0 spiro atoms. The SMILES string of the molecule is CCC(CC)(C(O)CCc1cccs1)N1CCCC1. The molecule has 2 heterocycles. The van der Waals surface area contributed by atoms with Crippen molar-refractivity contribution in [2.75, 3.05) is 13.1 Å². The molecule has 19 heavy (non-hydrogen) atoms. The smallest absolute Gasteiger partial charge is 0.0727 e. The number of likely N-dealkylation sites (tertiary alicyclic amines) is 1. The zero-order valence-electron chi connectivity index (χ0n) is 12.3. The lowest BCUT2D eigenvalue weighted by Gasteiger charge is -2.44. The Hall–Kier alpha value is -0.380. The van der Waals surface area contributed by atoms with E-state index in [2.05, 4.69) is 36.3 Å². The van der Waals surface area contributed by atoms with Crippen LogP contribution in [0.3, 0.4) is 0 Å². The maximum Gasteiger partial charge on any atom is 0.0727 e. The van der Waals surface area contributed by atoms with E-state index in [1.165, 1.54) is 17.7 Å². The molecule has 0 amide bonds. The van der Waals surface area contributed by atoms with Crippen LogP contribution in [-0.2, 0) is 6.42 Å². The van der Waals surface area contributed by atoms with Crippen LogP contribution in [0.5, 0.6) is 0 Å². The van der Waals surface area contributed by atoms with Gasteiger partial charge in [-0.05, 0) is 63.1 Å². The second-order valence-electron chi connectivity index (χ2n) is 5.64. The molecule has 1 saturated heterocycles. The Morgan fingerprint density at radius 1 is 1.32 bits per heavy atom. The first-order valence-corrected chi connectivity index (χ1v) is 8.56. The molecule has 3 heteroatoms. The number of nitrogens with zero attached hydrogens (tertiary/aromatic N) is 1. The van der Waals surface area contributed by atoms with Crippen molar-refractivity contribution in [2.24, 2.45) is 0 Å². The van der Waals surface area contributed by atoms with Gasteiger partial charge in [-0.25, -0.2) is 0 Å². The number of hydrogen-bond acceptors (Lipinski definition) is 3. The molecule has 1 aliphatic heterocycles. The molecular weight excluding hydrogens is 254 g/mol. The minimum absolute atomic E-state index is 0.00770. The highest BCUT2D eigenvalue weighted by Crippen LogP contribution is 2.33. The van der Waals surface area contributed by atoms with Gasteiger partial charge in [0.2, 0.25) is 0 Å². The van der Waals surface area contributed by atoms with E-state index in [4.69, 9.17) is 0 Å². The zero-order chi connectivity index (χ0) is 13.7. The lowest BCUT2D eigenvalue weighted by molar-refractivity contribution is -0.0312. The van der Waals surface area contributed by atoms with Gasteiger partial charge in [0.05, 0.1) is 6.10 Å². The van der Waals surface area contributed by atoms with E-state index in [-0.39, 0.29) is 11.6 Å². The van der Waals surface area contributed by atoms with E-state index in [1.807, 2.05) is 0 Å². The van der Waals surface area contributed by atoms with E-state index < -0.39 is 0 Å². The van der Waals surface area contributed by atoms with Gasteiger partial charge in [-0.3, -0.25) is 4.90 Å². The van der Waals surface area contributed by atoms with Gasteiger partial charge in [-0.1, -0.05) is 19.9 Å². The summed E-state index contributed by atoms with van der Waals surface area (Å²) in [5, 5.41) is 12.9. The van der Waals surface area contributed by atoms with Crippen molar-refractivity contribution >= 4 is 11.3 Å². The largest absolute Gasteiger partial charge is 0.391 e. The number of aliphatic hydroxyl groups is 1. The minimum Gasteiger partial charge on any atom is -0.391 e. The molecular formula is C16H27NOS. The fraction of sp³-hybridized carbons (Fsp3) is 0.750. The van der Waals surface area contributed by atoms with Gasteiger partial charge in [0.25, 0.3) is 0 Å². The molecule has 1 aromatic heterocycles. The third kappa shape index (κ3) is 3.21. The standard InChI is InChI=1S/C16H27NOS/c1-3-16(4-2,17-11-5-6-12-17)15(18)10-9-14-8-7-13-19-14/h7-8,13,15,18H,3-6,9-12H2,1-2H3. The highest BCUT2D eigenvalue weighted by atomic mass is 32.1. The number of rotatable bonds is 7. The van der Waals surface area contributed by atoms with Crippen molar-refractivity contribution < 1.29 is 5.11 Å². The average Bonchev–Trinajstić information content (AvgIpc) is 3.12. The first-order valence-electron chi connectivity index (χ1n) is 7.68. The average molecular weight is 281 g/mol. The van der Waals surface area contributed by atoms with Crippen LogP contribution in [0.25, 0.3) is 0 Å². The highest BCUT2D eigenvalue weighted by Gasteiger charge is 2.40. The van der Waals surface area contributed by atoms with E-state index in [0.29, 0.717) is 0 Å². The first-order chi connectivity index (χ1) is 9.23. The van der Waals surface area contributed by atoms with Crippen LogP contribution in [0.4, 0.5) is 0 Å². The van der Waals surface area contributed by atoms with Crippen molar-refractivity contribution in [3.8, 4) is 0 Å². The molecule has 0 radical (unpaired) electrons. The summed E-state index contributed by atoms with van der Waals surface area (Å²) in [7, 11) is 0. The summed E-state index contributed by atoms with van der Waals surface area (Å²) in [4.78, 5) is 3.94. The van der Waals surface area contributed by atoms with E-state index in [0.717, 1.165) is 38.8 Å². The van der Waals surface area contributed by atoms with E-state index >= 15 is 0 Å². The van der Waals surface area contributed by atoms with Crippen LogP contribution < -0.4 is 0 Å². The van der Waals surface area contributed by atoms with Crippen molar-refractivity contribution in [1.29, 1.82) is 0 Å². The van der Waals surface area contributed by atoms with Crippen molar-refractivity contribution in [3.63, 3.8) is 0 Å². The van der Waals surface area contributed by atoms with Gasteiger partial charge in [-0.15, -0.1) is 11.3 Å². The monoisotopic (exact) mass is 281 g/mol. The van der Waals surface area contributed by atoms with Gasteiger partial charge in [0, 0.05) is 10.4 Å². The molecule has 1 N–H and O–H groups in total. The van der Waals surface area contributed by atoms with Crippen molar-refractivity contribution in [3.05, 3.63) is 22.4 Å². The summed E-state index contributed by atoms with van der Waals surface area (Å²) in [6.07, 6.45) is 6.37. The Kier molecular flexibility index (Phi) is 5.43. The van der Waals surface area contributed by atoms with E-state index in [1.54, 1.807) is 11.3 Å². The summed E-state index contributed by atoms with van der Waals surface area (Å²) < 4.78 is 0. The molecule has 0 saturated carbocycles. The molecule has 1 aromatic rings. The molecule has 108 valence electrons. The van der Waals surface area contributed by atoms with Crippen LogP contribution in [0, 0.1) is 0 Å². The first kappa shape index (κ1) is 15.0. The van der Waals surface area contributed by atoms with Crippen LogP contribution in [0.15, 0.2) is 17.5 Å². The molecule has 1 aliphatic rings. The number of aryl methyl sites for hydroxylation is 1. The fourth-order valence-corrected chi connectivity index (χ4v) is 4.27. The summed E-state index contributed by atoms with van der Waals surface area (Å²) in [6, 6.07) is 4.27. The van der Waals surface area contributed by atoms with Crippen molar-refractivity contribution in [1.82, 2.24) is 4.90 Å². The predicted octanol–water partition coefficient (Wildman–Crippen LogP) is 3.70. The normalized spacial score (nSPS) is 18.9. The molecule has 0 aromatic carbocycles. The van der Waals surface area contributed by atoms with Gasteiger partial charge < -0.3 is 5.11 Å². The lowest BCUT2D eigenvalue weighted by Crippen LogP contribution is -2.55. The predicted molar refractivity (Wildman–Crippen MR) is 82.8 cm³/mol. The second-order valence-corrected chi connectivity index (χ2v) is 6.67. The maximum absolute atomic E-state index is 10.8. The topological polar surface area (TPSA) is 23.5 Å². The van der Waals surface area contributed by atoms with Crippen molar-refractivity contribution in [2.45, 2.75) is 64.0 Å². The Bertz CT molecular complexity index is 353. The summed E-state index contributed by atoms with van der Waals surface area (Å²) in [5.41, 5.74) is 0.00770. The second kappa shape index (κ2) is 6.87. The third-order valence-corrected chi connectivity index (χ3v) is 5.76. The molecule has 2 rings (SSSR count). The third-order valence-electron chi connectivity index (χ3n) is 4.82. The lowest BCUT2D eigenvalue weighted by atomic mass is 9.82. The fourth-order valence-electron chi connectivity index (χ4n) is 3.54. The van der Waals surface area contributed by atoms with Gasteiger partial charge in [-0.2, -0.15) is 0 Å². The molecule has 1 unspecified atom stereocenters. The molecule has 0 bridgehead atoms. The number of aliphatic hydroxyl groups excluding tert-OH is 1. The summed E-state index contributed by atoms with van der Waals surface area (Å²) >= 11 is 1.80. The number of thiophene rings is 1. The molecule has 2 nitrogen and oxygen atoms in total. The molecule has 1 atom stereocenters. The zero-order valence-corrected chi connectivity index (χ0v) is 13.1. The van der Waals surface area contributed by atoms with Gasteiger partial charge in [0.1, 0.15) is 0 Å².